The van der Waals surface area contributed by atoms with E-state index in [0.717, 1.165) is 12.1 Å². The monoisotopic (exact) mass is 297 g/mol. The maximum Gasteiger partial charge on any atom is 0.251 e. The second-order valence-corrected chi connectivity index (χ2v) is 4.42. The van der Waals surface area contributed by atoms with E-state index < -0.39 is 17.5 Å². The summed E-state index contributed by atoms with van der Waals surface area (Å²) in [5.74, 6) is -2.22. The van der Waals surface area contributed by atoms with Gasteiger partial charge in [-0.05, 0) is 29.8 Å². The van der Waals surface area contributed by atoms with Crippen LogP contribution in [0.4, 0.5) is 14.6 Å². The van der Waals surface area contributed by atoms with Crippen LogP contribution in [0.2, 0.25) is 5.15 Å². The molecule has 0 aliphatic carbocycles. The number of rotatable bonds is 3. The van der Waals surface area contributed by atoms with Gasteiger partial charge in [-0.2, -0.15) is 0 Å². The first kappa shape index (κ1) is 14.2. The first-order valence-corrected chi connectivity index (χ1v) is 5.98. The first-order valence-electron chi connectivity index (χ1n) is 5.61. The number of hydrogen-bond donors (Lipinski definition) is 2. The van der Waals surface area contributed by atoms with Gasteiger partial charge in [0.25, 0.3) is 5.91 Å². The molecular weight excluding hydrogens is 288 g/mol. The minimum Gasteiger partial charge on any atom is -0.384 e. The fourth-order valence-electron chi connectivity index (χ4n) is 1.58. The van der Waals surface area contributed by atoms with Crippen molar-refractivity contribution in [2.24, 2.45) is 0 Å². The minimum atomic E-state index is -0.965. The van der Waals surface area contributed by atoms with E-state index in [1.165, 1.54) is 18.2 Å². The Morgan fingerprint density at radius 2 is 2.00 bits per heavy atom. The van der Waals surface area contributed by atoms with Crippen molar-refractivity contribution in [3.8, 4) is 0 Å². The van der Waals surface area contributed by atoms with Gasteiger partial charge in [0.1, 0.15) is 11.0 Å². The number of pyridine rings is 1. The lowest BCUT2D eigenvalue weighted by Crippen LogP contribution is -2.23. The highest BCUT2D eigenvalue weighted by atomic mass is 35.5. The van der Waals surface area contributed by atoms with Gasteiger partial charge in [0.15, 0.2) is 11.6 Å². The fourth-order valence-corrected chi connectivity index (χ4v) is 1.80. The fraction of sp³-hybridized carbons (Fsp3) is 0.0769. The van der Waals surface area contributed by atoms with Gasteiger partial charge in [-0.15, -0.1) is 0 Å². The lowest BCUT2D eigenvalue weighted by molar-refractivity contribution is 0.0951. The maximum absolute atomic E-state index is 13.0. The van der Waals surface area contributed by atoms with Gasteiger partial charge in [-0.25, -0.2) is 13.8 Å². The summed E-state index contributed by atoms with van der Waals surface area (Å²) in [4.78, 5) is 15.6. The normalized spacial score (nSPS) is 10.3. The molecule has 0 saturated carbocycles. The molecule has 2 aromatic rings. The van der Waals surface area contributed by atoms with Crippen LogP contribution in [0.3, 0.4) is 0 Å². The van der Waals surface area contributed by atoms with Gasteiger partial charge in [-0.1, -0.05) is 17.7 Å². The zero-order valence-corrected chi connectivity index (χ0v) is 10.9. The predicted octanol–water partition coefficient (Wildman–Crippen LogP) is 2.53. The van der Waals surface area contributed by atoms with E-state index in [-0.39, 0.29) is 23.1 Å². The van der Waals surface area contributed by atoms with Crippen LogP contribution in [-0.4, -0.2) is 10.9 Å². The molecule has 0 unspecified atom stereocenters. The first-order chi connectivity index (χ1) is 9.45. The minimum absolute atomic E-state index is 0.0515. The molecule has 0 aliphatic rings. The molecule has 4 nitrogen and oxygen atoms in total. The number of hydrogen-bond acceptors (Lipinski definition) is 3. The molecule has 20 heavy (non-hydrogen) atoms. The van der Waals surface area contributed by atoms with Gasteiger partial charge >= 0.3 is 0 Å². The second-order valence-electron chi connectivity index (χ2n) is 4.03. The van der Waals surface area contributed by atoms with Crippen molar-refractivity contribution in [3.05, 3.63) is 58.2 Å². The van der Waals surface area contributed by atoms with Crippen molar-refractivity contribution >= 4 is 23.3 Å². The van der Waals surface area contributed by atoms with Crippen LogP contribution in [0, 0.1) is 11.6 Å². The molecule has 0 aliphatic heterocycles. The molecule has 1 aromatic carbocycles. The molecule has 0 bridgehead atoms. The van der Waals surface area contributed by atoms with Crippen LogP contribution in [0.25, 0.3) is 0 Å². The standard InChI is InChI=1S/C13H10ClF2N3O/c14-11-4-8(5-12(17)19-11)13(20)18-6-7-1-2-9(15)10(16)3-7/h1-5H,6H2,(H2,17,19)(H,18,20). The molecule has 0 fully saturated rings. The smallest absolute Gasteiger partial charge is 0.251 e. The Morgan fingerprint density at radius 3 is 2.65 bits per heavy atom. The van der Waals surface area contributed by atoms with Gasteiger partial charge in [0.05, 0.1) is 0 Å². The zero-order chi connectivity index (χ0) is 14.7. The van der Waals surface area contributed by atoms with E-state index in [0.29, 0.717) is 5.56 Å². The Kier molecular flexibility index (Phi) is 4.14. The summed E-state index contributed by atoms with van der Waals surface area (Å²) in [5, 5.41) is 2.65. The third-order valence-electron chi connectivity index (χ3n) is 2.51. The van der Waals surface area contributed by atoms with Crippen molar-refractivity contribution in [2.75, 3.05) is 5.73 Å². The lowest BCUT2D eigenvalue weighted by Gasteiger charge is -2.06. The summed E-state index contributed by atoms with van der Waals surface area (Å²) >= 11 is 5.69. The zero-order valence-electron chi connectivity index (χ0n) is 10.2. The quantitative estimate of drug-likeness (QED) is 0.856. The van der Waals surface area contributed by atoms with Gasteiger partial charge < -0.3 is 11.1 Å². The Hall–Kier alpha value is -2.21. The van der Waals surface area contributed by atoms with E-state index in [1.807, 2.05) is 0 Å². The predicted molar refractivity (Wildman–Crippen MR) is 71.2 cm³/mol. The summed E-state index contributed by atoms with van der Waals surface area (Å²) in [6.45, 7) is 0.0515. The van der Waals surface area contributed by atoms with Crippen molar-refractivity contribution in [1.82, 2.24) is 10.3 Å². The summed E-state index contributed by atoms with van der Waals surface area (Å²) < 4.78 is 25.8. The summed E-state index contributed by atoms with van der Waals surface area (Å²) in [6, 6.07) is 6.12. The van der Waals surface area contributed by atoms with Crippen LogP contribution < -0.4 is 11.1 Å². The number of nitrogens with zero attached hydrogens (tertiary/aromatic N) is 1. The number of nitrogens with two attached hydrogens (primary N) is 1. The second kappa shape index (κ2) is 5.83. The molecule has 0 atom stereocenters. The number of halogens is 3. The Bertz CT molecular complexity index is 644. The van der Waals surface area contributed by atoms with Crippen LogP contribution >= 0.6 is 11.6 Å². The van der Waals surface area contributed by atoms with Crippen molar-refractivity contribution in [1.29, 1.82) is 0 Å². The van der Waals surface area contributed by atoms with E-state index >= 15 is 0 Å². The average molecular weight is 298 g/mol. The topological polar surface area (TPSA) is 68.0 Å². The number of nitrogens with one attached hydrogen (secondary N) is 1. The Morgan fingerprint density at radius 1 is 1.25 bits per heavy atom. The van der Waals surface area contributed by atoms with Crippen LogP contribution in [-0.2, 0) is 6.54 Å². The van der Waals surface area contributed by atoms with Crippen LogP contribution in [0.1, 0.15) is 15.9 Å². The molecule has 0 spiro atoms. The molecular formula is C13H10ClF2N3O. The van der Waals surface area contributed by atoms with Gasteiger partial charge in [0, 0.05) is 12.1 Å². The Balaban J connectivity index is 2.06. The molecule has 0 radical (unpaired) electrons. The number of carbonyl (C=O) groups is 1. The molecule has 7 heteroatoms. The number of benzene rings is 1. The molecule has 104 valence electrons. The highest BCUT2D eigenvalue weighted by molar-refractivity contribution is 6.29. The number of nitrogen functional groups attached to an aromatic ring is 1. The molecule has 1 aromatic heterocycles. The van der Waals surface area contributed by atoms with E-state index in [1.54, 1.807) is 0 Å². The number of amides is 1. The third kappa shape index (κ3) is 3.42. The van der Waals surface area contributed by atoms with Crippen LogP contribution in [0.15, 0.2) is 30.3 Å². The van der Waals surface area contributed by atoms with Crippen molar-refractivity contribution in [3.63, 3.8) is 0 Å². The number of anilines is 1. The summed E-state index contributed by atoms with van der Waals surface area (Å²) in [5.41, 5.74) is 6.15. The molecule has 1 amide bonds. The summed E-state index contributed by atoms with van der Waals surface area (Å²) in [6.07, 6.45) is 0. The molecule has 3 N–H and O–H groups in total. The Labute approximate surface area is 118 Å². The third-order valence-corrected chi connectivity index (χ3v) is 2.71. The van der Waals surface area contributed by atoms with Crippen molar-refractivity contribution in [2.45, 2.75) is 6.54 Å². The molecule has 0 saturated heterocycles. The van der Waals surface area contributed by atoms with Gasteiger partial charge in [-0.3, -0.25) is 4.79 Å². The summed E-state index contributed by atoms with van der Waals surface area (Å²) in [7, 11) is 0. The number of carbonyl (C=O) groups excluding carboxylic acids is 1. The largest absolute Gasteiger partial charge is 0.384 e. The maximum atomic E-state index is 13.0. The molecule has 2 rings (SSSR count). The van der Waals surface area contributed by atoms with E-state index in [4.69, 9.17) is 17.3 Å². The molecule has 1 heterocycles. The van der Waals surface area contributed by atoms with E-state index in [9.17, 15) is 13.6 Å². The van der Waals surface area contributed by atoms with E-state index in [2.05, 4.69) is 10.3 Å². The van der Waals surface area contributed by atoms with Crippen LogP contribution in [0.5, 0.6) is 0 Å². The highest BCUT2D eigenvalue weighted by Gasteiger charge is 2.09. The highest BCUT2D eigenvalue weighted by Crippen LogP contribution is 2.13. The SMILES string of the molecule is Nc1cc(C(=O)NCc2ccc(F)c(F)c2)cc(Cl)n1. The number of aromatic nitrogens is 1. The van der Waals surface area contributed by atoms with Gasteiger partial charge in [0.2, 0.25) is 0 Å². The average Bonchev–Trinajstić information content (AvgIpc) is 2.38. The van der Waals surface area contributed by atoms with Crippen molar-refractivity contribution < 1.29 is 13.6 Å². The lowest BCUT2D eigenvalue weighted by atomic mass is 10.2.